The first-order chi connectivity index (χ1) is 9.31. The van der Waals surface area contributed by atoms with Gasteiger partial charge in [0.2, 0.25) is 0 Å². The summed E-state index contributed by atoms with van der Waals surface area (Å²) in [5, 5.41) is 1.16. The van der Waals surface area contributed by atoms with Crippen LogP contribution < -0.4 is 15.4 Å². The summed E-state index contributed by atoms with van der Waals surface area (Å²) in [4.78, 5) is 2.53. The van der Waals surface area contributed by atoms with Crippen LogP contribution in [0.25, 0.3) is 0 Å². The average Bonchev–Trinajstić information content (AvgIpc) is 2.80. The highest BCUT2D eigenvalue weighted by molar-refractivity contribution is 7.11. The van der Waals surface area contributed by atoms with E-state index in [4.69, 9.17) is 10.5 Å². The van der Waals surface area contributed by atoms with Crippen molar-refractivity contribution in [3.05, 3.63) is 0 Å². The Morgan fingerprint density at radius 1 is 1.32 bits per heavy atom. The highest BCUT2D eigenvalue weighted by atomic mass is 32.1. The second-order valence-corrected chi connectivity index (χ2v) is 6.33. The molecule has 1 aromatic heterocycles. The Balaban J connectivity index is 1.87. The number of rotatable bonds is 3. The molecule has 2 aliphatic rings. The van der Waals surface area contributed by atoms with Crippen molar-refractivity contribution in [3.63, 3.8) is 0 Å². The maximum Gasteiger partial charge on any atom is 0.197 e. The molecule has 0 unspecified atom stereocenters. The quantitative estimate of drug-likeness (QED) is 0.923. The molecule has 2 fully saturated rings. The van der Waals surface area contributed by atoms with E-state index in [-0.39, 0.29) is 0 Å². The molecule has 5 heteroatoms. The molecule has 0 bridgehead atoms. The molecule has 2 N–H and O–H groups in total. The van der Waals surface area contributed by atoms with Crippen molar-refractivity contribution in [2.75, 3.05) is 23.8 Å². The lowest BCUT2D eigenvalue weighted by molar-refractivity contribution is 0.242. The molecule has 2 atom stereocenters. The number of fused-ring (bicyclic) bond motifs is 1. The van der Waals surface area contributed by atoms with Gasteiger partial charge in [0.1, 0.15) is 0 Å². The lowest BCUT2D eigenvalue weighted by atomic mass is 9.78. The first kappa shape index (κ1) is 13.0. The third kappa shape index (κ3) is 2.40. The number of piperidine rings is 1. The predicted molar refractivity (Wildman–Crippen MR) is 80.0 cm³/mol. The second kappa shape index (κ2) is 5.57. The summed E-state index contributed by atoms with van der Waals surface area (Å²) in [5.41, 5.74) is 5.95. The molecule has 106 valence electrons. The first-order valence-corrected chi connectivity index (χ1v) is 8.23. The fourth-order valence-corrected chi connectivity index (χ4v) is 4.47. The third-order valence-electron chi connectivity index (χ3n) is 4.45. The van der Waals surface area contributed by atoms with Crippen LogP contribution >= 0.6 is 11.5 Å². The number of nitrogens with zero attached hydrogens (tertiary/aromatic N) is 2. The predicted octanol–water partition coefficient (Wildman–Crippen LogP) is 3.28. The average molecular weight is 281 g/mol. The number of aromatic nitrogens is 1. The van der Waals surface area contributed by atoms with Gasteiger partial charge in [-0.1, -0.05) is 12.8 Å². The lowest BCUT2D eigenvalue weighted by Gasteiger charge is -2.44. The Bertz CT molecular complexity index is 432. The van der Waals surface area contributed by atoms with Gasteiger partial charge in [0.05, 0.1) is 6.61 Å². The molecular weight excluding hydrogens is 258 g/mol. The summed E-state index contributed by atoms with van der Waals surface area (Å²) >= 11 is 1.50. The highest BCUT2D eigenvalue weighted by Gasteiger charge is 2.35. The first-order valence-electron chi connectivity index (χ1n) is 7.45. The van der Waals surface area contributed by atoms with Gasteiger partial charge in [-0.15, -0.1) is 0 Å². The van der Waals surface area contributed by atoms with Gasteiger partial charge in [-0.05, 0) is 50.1 Å². The van der Waals surface area contributed by atoms with E-state index in [0.29, 0.717) is 18.5 Å². The monoisotopic (exact) mass is 281 g/mol. The number of hydrogen-bond donors (Lipinski definition) is 1. The Morgan fingerprint density at radius 2 is 2.11 bits per heavy atom. The van der Waals surface area contributed by atoms with E-state index in [0.717, 1.165) is 23.2 Å². The van der Waals surface area contributed by atoms with Gasteiger partial charge in [-0.2, -0.15) is 4.37 Å². The summed E-state index contributed by atoms with van der Waals surface area (Å²) in [5.74, 6) is 2.24. The van der Waals surface area contributed by atoms with Gasteiger partial charge in [0.25, 0.3) is 0 Å². The fraction of sp³-hybridized carbons (Fsp3) is 0.786. The van der Waals surface area contributed by atoms with Crippen molar-refractivity contribution in [1.29, 1.82) is 0 Å². The number of hydrogen-bond acceptors (Lipinski definition) is 5. The van der Waals surface area contributed by atoms with E-state index in [1.165, 1.54) is 50.1 Å². The minimum atomic E-state index is 0.555. The van der Waals surface area contributed by atoms with E-state index >= 15 is 0 Å². The zero-order valence-electron chi connectivity index (χ0n) is 11.6. The van der Waals surface area contributed by atoms with Crippen LogP contribution in [0.3, 0.4) is 0 Å². The van der Waals surface area contributed by atoms with Gasteiger partial charge in [0, 0.05) is 12.6 Å². The van der Waals surface area contributed by atoms with Gasteiger partial charge in [-0.25, -0.2) is 0 Å². The largest absolute Gasteiger partial charge is 0.487 e. The van der Waals surface area contributed by atoms with Crippen LogP contribution in [0.15, 0.2) is 0 Å². The number of ether oxygens (including phenoxy) is 1. The molecular formula is C14H23N3OS. The number of nitrogens with two attached hydrogens (primary N) is 1. The molecule has 1 aliphatic heterocycles. The van der Waals surface area contributed by atoms with E-state index in [9.17, 15) is 0 Å². The summed E-state index contributed by atoms with van der Waals surface area (Å²) in [7, 11) is 0. The number of nitrogen functional groups attached to an aromatic ring is 1. The Hall–Kier alpha value is -0.970. The highest BCUT2D eigenvalue weighted by Crippen LogP contribution is 2.45. The molecule has 0 amide bonds. The van der Waals surface area contributed by atoms with Crippen LogP contribution in [-0.2, 0) is 0 Å². The molecule has 0 radical (unpaired) electrons. The molecule has 0 spiro atoms. The third-order valence-corrected chi connectivity index (χ3v) is 5.33. The van der Waals surface area contributed by atoms with Crippen molar-refractivity contribution in [1.82, 2.24) is 4.37 Å². The zero-order valence-corrected chi connectivity index (χ0v) is 12.4. The van der Waals surface area contributed by atoms with Gasteiger partial charge >= 0.3 is 0 Å². The normalized spacial score (nSPS) is 27.1. The summed E-state index contributed by atoms with van der Waals surface area (Å²) < 4.78 is 10.0. The molecule has 19 heavy (non-hydrogen) atoms. The lowest BCUT2D eigenvalue weighted by Crippen LogP contribution is -2.46. The maximum atomic E-state index is 5.95. The maximum absolute atomic E-state index is 5.95. The van der Waals surface area contributed by atoms with Crippen LogP contribution in [0.2, 0.25) is 0 Å². The Morgan fingerprint density at radius 3 is 2.95 bits per heavy atom. The molecule has 1 saturated heterocycles. The molecule has 3 rings (SSSR count). The smallest absolute Gasteiger partial charge is 0.197 e. The summed E-state index contributed by atoms with van der Waals surface area (Å²) in [6, 6.07) is 0.682. The van der Waals surface area contributed by atoms with Crippen molar-refractivity contribution in [2.45, 2.75) is 51.5 Å². The minimum absolute atomic E-state index is 0.555. The van der Waals surface area contributed by atoms with E-state index in [1.807, 2.05) is 6.92 Å². The van der Waals surface area contributed by atoms with E-state index in [2.05, 4.69) is 9.27 Å². The molecule has 1 aromatic rings. The Labute approximate surface area is 119 Å². The van der Waals surface area contributed by atoms with Crippen LogP contribution in [0.5, 0.6) is 5.75 Å². The molecule has 4 nitrogen and oxygen atoms in total. The zero-order chi connectivity index (χ0) is 13.2. The van der Waals surface area contributed by atoms with E-state index in [1.54, 1.807) is 0 Å². The van der Waals surface area contributed by atoms with Gasteiger partial charge in [-0.3, -0.25) is 0 Å². The summed E-state index contributed by atoms with van der Waals surface area (Å²) in [6.07, 6.45) is 8.13. The van der Waals surface area contributed by atoms with Crippen molar-refractivity contribution < 1.29 is 4.74 Å². The van der Waals surface area contributed by atoms with Crippen molar-refractivity contribution in [3.8, 4) is 5.75 Å². The van der Waals surface area contributed by atoms with Crippen LogP contribution in [-0.4, -0.2) is 23.6 Å². The molecule has 0 aromatic carbocycles. The number of anilines is 2. The minimum Gasteiger partial charge on any atom is -0.487 e. The topological polar surface area (TPSA) is 51.4 Å². The van der Waals surface area contributed by atoms with Crippen LogP contribution in [0.1, 0.15) is 45.4 Å². The molecule has 1 aliphatic carbocycles. The van der Waals surface area contributed by atoms with Gasteiger partial charge < -0.3 is 15.4 Å². The Kier molecular flexibility index (Phi) is 3.82. The van der Waals surface area contributed by atoms with E-state index < -0.39 is 0 Å². The standard InChI is InChI=1S/C14H23N3OS/c1-2-18-12-13(15)16-19-14(12)17-9-5-7-10-6-3-4-8-11(10)17/h10-11H,2-9H2,1H3,(H2,15,16)/t10-,11-/m1/s1. The molecule has 1 saturated carbocycles. The van der Waals surface area contributed by atoms with Gasteiger partial charge in [0.15, 0.2) is 16.6 Å². The van der Waals surface area contributed by atoms with Crippen molar-refractivity contribution in [2.24, 2.45) is 5.92 Å². The van der Waals surface area contributed by atoms with Crippen LogP contribution in [0, 0.1) is 5.92 Å². The second-order valence-electron chi connectivity index (χ2n) is 5.58. The molecule has 2 heterocycles. The van der Waals surface area contributed by atoms with Crippen LogP contribution in [0.4, 0.5) is 10.8 Å². The summed E-state index contributed by atoms with van der Waals surface area (Å²) in [6.45, 7) is 3.78. The fourth-order valence-electron chi connectivity index (χ4n) is 3.62. The van der Waals surface area contributed by atoms with Crippen molar-refractivity contribution >= 4 is 22.4 Å². The SMILES string of the molecule is CCOc1c(N)nsc1N1CCC[C@H]2CCCC[C@H]21.